The van der Waals surface area contributed by atoms with Crippen molar-refractivity contribution >= 4 is 5.78 Å². The van der Waals surface area contributed by atoms with Crippen LogP contribution in [0.25, 0.3) is 0 Å². The lowest BCUT2D eigenvalue weighted by Gasteiger charge is -2.13. The van der Waals surface area contributed by atoms with Crippen molar-refractivity contribution in [1.29, 1.82) is 0 Å². The Bertz CT molecular complexity index is 153. The summed E-state index contributed by atoms with van der Waals surface area (Å²) in [6, 6.07) is 0. The molecule has 0 saturated heterocycles. The third-order valence-corrected chi connectivity index (χ3v) is 2.53. The van der Waals surface area contributed by atoms with Gasteiger partial charge in [-0.05, 0) is 18.8 Å². The van der Waals surface area contributed by atoms with Crippen molar-refractivity contribution in [3.8, 4) is 0 Å². The smallest absolute Gasteiger partial charge is 0.138 e. The summed E-state index contributed by atoms with van der Waals surface area (Å²) >= 11 is 0. The van der Waals surface area contributed by atoms with Crippen LogP contribution in [-0.4, -0.2) is 17.0 Å². The van der Waals surface area contributed by atoms with Crippen molar-refractivity contribution in [3.05, 3.63) is 0 Å². The van der Waals surface area contributed by atoms with Gasteiger partial charge >= 0.3 is 0 Å². The Morgan fingerprint density at radius 3 is 2.56 bits per heavy atom. The van der Waals surface area contributed by atoms with Gasteiger partial charge in [-0.15, -0.1) is 0 Å². The zero-order valence-electron chi connectivity index (χ0n) is 5.21. The van der Waals surface area contributed by atoms with Crippen LogP contribution in [0.15, 0.2) is 0 Å². The number of hydrogen-bond acceptors (Lipinski definition) is 2. The highest BCUT2D eigenvalue weighted by molar-refractivity contribution is 5.84. The molecule has 0 aromatic rings. The van der Waals surface area contributed by atoms with Crippen molar-refractivity contribution in [2.75, 3.05) is 0 Å². The van der Waals surface area contributed by atoms with Gasteiger partial charge in [-0.25, -0.2) is 0 Å². The van der Waals surface area contributed by atoms with Gasteiger partial charge in [0, 0.05) is 12.3 Å². The van der Waals surface area contributed by atoms with E-state index in [0.29, 0.717) is 11.7 Å². The summed E-state index contributed by atoms with van der Waals surface area (Å²) in [7, 11) is 0. The average Bonchev–Trinajstić information content (AvgIpc) is 2.22. The van der Waals surface area contributed by atoms with Crippen LogP contribution in [0.4, 0.5) is 0 Å². The number of Topliss-reactive ketones (excluding diaryl/α,β-unsaturated/α-hetero) is 1. The Balaban J connectivity index is 2.21. The number of hydrogen-bond donors (Lipinski definition) is 1. The fourth-order valence-corrected chi connectivity index (χ4v) is 2.07. The predicted molar refractivity (Wildman–Crippen MR) is 31.8 cm³/mol. The molecule has 2 heteroatoms. The van der Waals surface area contributed by atoms with Crippen molar-refractivity contribution in [1.82, 2.24) is 0 Å². The van der Waals surface area contributed by atoms with E-state index in [1.165, 1.54) is 0 Å². The minimum atomic E-state index is -0.295. The molecule has 2 saturated carbocycles. The number of aliphatic hydroxyl groups excluding tert-OH is 1. The van der Waals surface area contributed by atoms with Gasteiger partial charge in [0.2, 0.25) is 0 Å². The Hall–Kier alpha value is -0.370. The molecule has 0 aromatic carbocycles. The molecule has 9 heavy (non-hydrogen) atoms. The molecule has 2 aliphatic carbocycles. The van der Waals surface area contributed by atoms with Crippen LogP contribution >= 0.6 is 0 Å². The first-order valence-corrected chi connectivity index (χ1v) is 3.48. The molecule has 1 N–H and O–H groups in total. The molecule has 2 nitrogen and oxygen atoms in total. The summed E-state index contributed by atoms with van der Waals surface area (Å²) in [6.07, 6.45) is 2.27. The van der Waals surface area contributed by atoms with Gasteiger partial charge < -0.3 is 5.11 Å². The van der Waals surface area contributed by atoms with Crippen LogP contribution in [0.1, 0.15) is 19.3 Å². The maximum Gasteiger partial charge on any atom is 0.138 e. The fraction of sp³-hybridized carbons (Fsp3) is 0.857. The molecular formula is C7H10O2. The summed E-state index contributed by atoms with van der Waals surface area (Å²) in [4.78, 5) is 10.9. The van der Waals surface area contributed by atoms with Crippen molar-refractivity contribution in [3.63, 3.8) is 0 Å². The zero-order valence-corrected chi connectivity index (χ0v) is 5.21. The van der Waals surface area contributed by atoms with Gasteiger partial charge in [0.05, 0.1) is 6.10 Å². The summed E-state index contributed by atoms with van der Waals surface area (Å²) in [6.45, 7) is 0. The number of carbonyl (C=O) groups excluding carboxylic acids is 1. The molecule has 2 fully saturated rings. The van der Waals surface area contributed by atoms with Crippen molar-refractivity contribution < 1.29 is 9.90 Å². The first-order chi connectivity index (χ1) is 4.27. The molecule has 0 spiro atoms. The van der Waals surface area contributed by atoms with Gasteiger partial charge in [0.1, 0.15) is 5.78 Å². The Morgan fingerprint density at radius 1 is 1.44 bits per heavy atom. The lowest BCUT2D eigenvalue weighted by atomic mass is 9.97. The molecule has 2 aliphatic rings. The maximum atomic E-state index is 10.9. The minimum Gasteiger partial charge on any atom is -0.392 e. The van der Waals surface area contributed by atoms with Crippen LogP contribution in [0.2, 0.25) is 0 Å². The second kappa shape index (κ2) is 1.57. The number of aliphatic hydroxyl groups is 1. The molecular weight excluding hydrogens is 116 g/mol. The van der Waals surface area contributed by atoms with Crippen LogP contribution in [0.5, 0.6) is 0 Å². The molecule has 50 valence electrons. The highest BCUT2D eigenvalue weighted by Gasteiger charge is 2.44. The second-order valence-electron chi connectivity index (χ2n) is 3.18. The van der Waals surface area contributed by atoms with E-state index in [9.17, 15) is 4.79 Å². The largest absolute Gasteiger partial charge is 0.392 e. The van der Waals surface area contributed by atoms with E-state index in [2.05, 4.69) is 0 Å². The van der Waals surface area contributed by atoms with Crippen LogP contribution < -0.4 is 0 Å². The minimum absolute atomic E-state index is 0.0231. The second-order valence-corrected chi connectivity index (χ2v) is 3.18. The van der Waals surface area contributed by atoms with Gasteiger partial charge in [-0.3, -0.25) is 4.79 Å². The van der Waals surface area contributed by atoms with Gasteiger partial charge in [0.25, 0.3) is 0 Å². The number of fused-ring (bicyclic) bond motifs is 2. The van der Waals surface area contributed by atoms with E-state index in [-0.39, 0.29) is 12.0 Å². The van der Waals surface area contributed by atoms with E-state index in [0.717, 1.165) is 19.3 Å². The van der Waals surface area contributed by atoms with E-state index in [1.807, 2.05) is 0 Å². The Morgan fingerprint density at radius 2 is 2.22 bits per heavy atom. The Kier molecular flexibility index (Phi) is 0.943. The molecule has 0 amide bonds. The average molecular weight is 126 g/mol. The molecule has 0 aromatic heterocycles. The van der Waals surface area contributed by atoms with E-state index >= 15 is 0 Å². The highest BCUT2D eigenvalue weighted by Crippen LogP contribution is 2.41. The summed E-state index contributed by atoms with van der Waals surface area (Å²) in [5.74, 6) is 0.839. The normalized spacial score (nSPS) is 48.6. The molecule has 0 aliphatic heterocycles. The lowest BCUT2D eigenvalue weighted by Crippen LogP contribution is -2.23. The summed E-state index contributed by atoms with van der Waals surface area (Å²) < 4.78 is 0. The monoisotopic (exact) mass is 126 g/mol. The van der Waals surface area contributed by atoms with Crippen LogP contribution in [-0.2, 0) is 4.79 Å². The first kappa shape index (κ1) is 5.42. The highest BCUT2D eigenvalue weighted by atomic mass is 16.3. The van der Waals surface area contributed by atoms with Gasteiger partial charge in [-0.2, -0.15) is 0 Å². The number of carbonyl (C=O) groups is 1. The third kappa shape index (κ3) is 0.628. The fourth-order valence-electron chi connectivity index (χ4n) is 2.07. The lowest BCUT2D eigenvalue weighted by molar-refractivity contribution is -0.125. The van der Waals surface area contributed by atoms with E-state index in [4.69, 9.17) is 5.11 Å². The first-order valence-electron chi connectivity index (χ1n) is 3.48. The van der Waals surface area contributed by atoms with Crippen LogP contribution in [0.3, 0.4) is 0 Å². The topological polar surface area (TPSA) is 37.3 Å². The Labute approximate surface area is 53.9 Å². The molecule has 3 atom stereocenters. The number of rotatable bonds is 0. The van der Waals surface area contributed by atoms with Crippen molar-refractivity contribution in [2.45, 2.75) is 25.4 Å². The predicted octanol–water partition coefficient (Wildman–Crippen LogP) is 0.346. The maximum absolute atomic E-state index is 10.9. The van der Waals surface area contributed by atoms with Crippen molar-refractivity contribution in [2.24, 2.45) is 11.8 Å². The number of ketones is 1. The molecule has 0 heterocycles. The van der Waals surface area contributed by atoms with Gasteiger partial charge in [-0.1, -0.05) is 0 Å². The zero-order chi connectivity index (χ0) is 6.43. The van der Waals surface area contributed by atoms with Crippen LogP contribution in [0, 0.1) is 11.8 Å². The molecule has 0 unspecified atom stereocenters. The molecule has 2 rings (SSSR count). The molecule has 0 radical (unpaired) electrons. The standard InChI is InChI=1S/C7H10O2/c8-6-2-4-1-5(6)7(9)3-4/h4-6,8H,1-3H2/t4-,5+,6+/m1/s1. The SMILES string of the molecule is O=C1C[C@@H]2C[C@H]1[C@@H](O)C2. The quantitative estimate of drug-likeness (QED) is 0.508. The summed E-state index contributed by atoms with van der Waals surface area (Å²) in [5, 5.41) is 9.17. The van der Waals surface area contributed by atoms with Gasteiger partial charge in [0.15, 0.2) is 0 Å². The summed E-state index contributed by atoms with van der Waals surface area (Å²) in [5.41, 5.74) is 0. The third-order valence-electron chi connectivity index (χ3n) is 2.53. The van der Waals surface area contributed by atoms with E-state index in [1.54, 1.807) is 0 Å². The van der Waals surface area contributed by atoms with E-state index < -0.39 is 0 Å². The molecule has 2 bridgehead atoms.